The molecule has 27 heavy (non-hydrogen) atoms. The minimum absolute atomic E-state index is 0.0506. The van der Waals surface area contributed by atoms with Gasteiger partial charge in [0.15, 0.2) is 11.9 Å². The van der Waals surface area contributed by atoms with E-state index in [1.807, 2.05) is 6.92 Å². The molecular formula is C19H24N2O5S. The van der Waals surface area contributed by atoms with Gasteiger partial charge in [0, 0.05) is 23.4 Å². The highest BCUT2D eigenvalue weighted by molar-refractivity contribution is 8.01. The van der Waals surface area contributed by atoms with Crippen LogP contribution in [0.2, 0.25) is 0 Å². The number of aromatic amines is 1. The Hall–Kier alpha value is -2.09. The highest BCUT2D eigenvalue weighted by Gasteiger charge is 2.53. The molecule has 3 rings (SSSR count). The summed E-state index contributed by atoms with van der Waals surface area (Å²) in [6.45, 7) is 8.34. The van der Waals surface area contributed by atoms with Crippen LogP contribution in [0.3, 0.4) is 0 Å². The lowest BCUT2D eigenvalue weighted by Crippen LogP contribution is -2.47. The van der Waals surface area contributed by atoms with Gasteiger partial charge in [-0.3, -0.25) is 14.4 Å². The number of nitrogens with one attached hydrogen (secondary N) is 1. The molecule has 0 aromatic carbocycles. The van der Waals surface area contributed by atoms with Crippen molar-refractivity contribution in [3.63, 3.8) is 0 Å². The third kappa shape index (κ3) is 3.20. The zero-order valence-corrected chi connectivity index (χ0v) is 17.0. The molecule has 2 aliphatic heterocycles. The van der Waals surface area contributed by atoms with E-state index in [1.165, 1.54) is 13.8 Å². The first-order valence-corrected chi connectivity index (χ1v) is 9.96. The van der Waals surface area contributed by atoms with Crippen molar-refractivity contribution in [2.45, 2.75) is 64.5 Å². The number of Topliss-reactive ketones (excluding diaryl/α,β-unsaturated/α-hetero) is 2. The molecule has 1 amide bonds. The lowest BCUT2D eigenvalue weighted by molar-refractivity contribution is -0.155. The highest BCUT2D eigenvalue weighted by atomic mass is 32.2. The van der Waals surface area contributed by atoms with E-state index >= 15 is 0 Å². The quantitative estimate of drug-likeness (QED) is 0.611. The summed E-state index contributed by atoms with van der Waals surface area (Å²) >= 11 is 1.57. The number of aromatic nitrogens is 1. The maximum atomic E-state index is 12.8. The first-order valence-electron chi connectivity index (χ1n) is 8.97. The van der Waals surface area contributed by atoms with Crippen LogP contribution in [0, 0.1) is 13.8 Å². The van der Waals surface area contributed by atoms with Crippen molar-refractivity contribution in [1.82, 2.24) is 9.88 Å². The van der Waals surface area contributed by atoms with Crippen molar-refractivity contribution in [3.05, 3.63) is 22.5 Å². The minimum atomic E-state index is -1.01. The van der Waals surface area contributed by atoms with Crippen LogP contribution in [-0.2, 0) is 14.3 Å². The van der Waals surface area contributed by atoms with Crippen molar-refractivity contribution >= 4 is 35.2 Å². The maximum absolute atomic E-state index is 12.8. The monoisotopic (exact) mass is 392 g/mol. The summed E-state index contributed by atoms with van der Waals surface area (Å²) in [6, 6.07) is -0.662. The standard InChI is InChI=1S/C19H24N2O5S/c1-9-15(11(3)22)10(2)20-16(9)17(24)12(4)26-18(25)13-8-27-19(5)7-6-14(23)21(13)19/h12-13,20H,6-8H2,1-5H3/t12-,13-,19+/m0/s1. The van der Waals surface area contributed by atoms with Crippen LogP contribution in [0.15, 0.2) is 0 Å². The number of ether oxygens (including phenoxy) is 1. The number of rotatable bonds is 5. The van der Waals surface area contributed by atoms with E-state index < -0.39 is 23.9 Å². The van der Waals surface area contributed by atoms with Crippen molar-refractivity contribution in [1.29, 1.82) is 0 Å². The molecule has 7 nitrogen and oxygen atoms in total. The zero-order chi connectivity index (χ0) is 20.1. The fourth-order valence-corrected chi connectivity index (χ4v) is 5.45. The van der Waals surface area contributed by atoms with Crippen molar-refractivity contribution in [2.24, 2.45) is 0 Å². The van der Waals surface area contributed by atoms with Gasteiger partial charge in [0.25, 0.3) is 0 Å². The third-order valence-corrected chi connectivity index (χ3v) is 6.92. The summed E-state index contributed by atoms with van der Waals surface area (Å²) in [4.78, 5) is 53.5. The molecule has 0 aliphatic carbocycles. The number of hydrogen-bond donors (Lipinski definition) is 1. The number of thioether (sulfide) groups is 1. The van der Waals surface area contributed by atoms with Gasteiger partial charge in [0.2, 0.25) is 11.7 Å². The zero-order valence-electron chi connectivity index (χ0n) is 16.2. The van der Waals surface area contributed by atoms with Gasteiger partial charge in [-0.05, 0) is 46.6 Å². The summed E-state index contributed by atoms with van der Waals surface area (Å²) in [5.74, 6) is -0.658. The second-order valence-corrected chi connectivity index (χ2v) is 8.89. The van der Waals surface area contributed by atoms with Crippen LogP contribution in [0.25, 0.3) is 0 Å². The Kier molecular flexibility index (Phi) is 4.96. The maximum Gasteiger partial charge on any atom is 0.330 e. The van der Waals surface area contributed by atoms with E-state index in [4.69, 9.17) is 4.74 Å². The van der Waals surface area contributed by atoms with Crippen LogP contribution in [0.4, 0.5) is 0 Å². The Labute approximate surface area is 162 Å². The first kappa shape index (κ1) is 19.7. The lowest BCUT2D eigenvalue weighted by atomic mass is 10.0. The van der Waals surface area contributed by atoms with Gasteiger partial charge in [0.05, 0.1) is 10.6 Å². The number of nitrogens with zero attached hydrogens (tertiary/aromatic N) is 1. The van der Waals surface area contributed by atoms with Gasteiger partial charge in [0.1, 0.15) is 6.04 Å². The number of esters is 1. The van der Waals surface area contributed by atoms with Crippen LogP contribution < -0.4 is 0 Å². The number of amides is 1. The molecule has 0 saturated carbocycles. The summed E-state index contributed by atoms with van der Waals surface area (Å²) in [7, 11) is 0. The number of carbonyl (C=O) groups is 4. The van der Waals surface area contributed by atoms with Crippen molar-refractivity contribution in [3.8, 4) is 0 Å². The summed E-state index contributed by atoms with van der Waals surface area (Å²) in [6.07, 6.45) is 0.128. The van der Waals surface area contributed by atoms with Crippen LogP contribution in [-0.4, -0.2) is 56.1 Å². The van der Waals surface area contributed by atoms with Gasteiger partial charge in [-0.2, -0.15) is 0 Å². The number of hydrogen-bond acceptors (Lipinski definition) is 6. The van der Waals surface area contributed by atoms with Gasteiger partial charge >= 0.3 is 5.97 Å². The average Bonchev–Trinajstić information content (AvgIpc) is 3.18. The molecule has 146 valence electrons. The number of carbonyl (C=O) groups excluding carboxylic acids is 4. The van der Waals surface area contributed by atoms with E-state index in [9.17, 15) is 19.2 Å². The predicted octanol–water partition coefficient (Wildman–Crippen LogP) is 2.40. The Morgan fingerprint density at radius 1 is 1.33 bits per heavy atom. The van der Waals surface area contributed by atoms with Gasteiger partial charge in [-0.25, -0.2) is 4.79 Å². The van der Waals surface area contributed by atoms with E-state index in [0.29, 0.717) is 35.4 Å². The summed E-state index contributed by atoms with van der Waals surface area (Å²) in [5.41, 5.74) is 1.95. The Morgan fingerprint density at radius 3 is 2.59 bits per heavy atom. The first-order chi connectivity index (χ1) is 12.6. The number of ketones is 2. The smallest absolute Gasteiger partial charge is 0.330 e. The molecule has 3 heterocycles. The Morgan fingerprint density at radius 2 is 2.00 bits per heavy atom. The van der Waals surface area contributed by atoms with E-state index in [2.05, 4.69) is 4.98 Å². The molecule has 2 aliphatic rings. The molecule has 1 aromatic rings. The molecule has 1 N–H and O–H groups in total. The van der Waals surface area contributed by atoms with Crippen LogP contribution in [0.1, 0.15) is 65.7 Å². The minimum Gasteiger partial charge on any atom is -0.453 e. The molecular weight excluding hydrogens is 368 g/mol. The van der Waals surface area contributed by atoms with Gasteiger partial charge in [-0.1, -0.05) is 0 Å². The lowest BCUT2D eigenvalue weighted by Gasteiger charge is -2.29. The predicted molar refractivity (Wildman–Crippen MR) is 101 cm³/mol. The third-order valence-electron chi connectivity index (χ3n) is 5.42. The molecule has 0 radical (unpaired) electrons. The van der Waals surface area contributed by atoms with Crippen molar-refractivity contribution in [2.75, 3.05) is 5.75 Å². The van der Waals surface area contributed by atoms with E-state index in [-0.39, 0.29) is 22.3 Å². The largest absolute Gasteiger partial charge is 0.453 e. The van der Waals surface area contributed by atoms with Gasteiger partial charge < -0.3 is 14.6 Å². The molecule has 0 bridgehead atoms. The SMILES string of the molecule is CC(=O)c1c(C)[nH]c(C(=O)[C@H](C)OC(=O)[C@@H]2CS[C@]3(C)CCC(=O)N23)c1C. The fraction of sp³-hybridized carbons (Fsp3) is 0.579. The number of H-pyrrole nitrogens is 1. The van der Waals surface area contributed by atoms with Gasteiger partial charge in [-0.15, -0.1) is 11.8 Å². The molecule has 1 aromatic heterocycles. The second-order valence-electron chi connectivity index (χ2n) is 7.39. The molecule has 0 spiro atoms. The molecule has 8 heteroatoms. The topological polar surface area (TPSA) is 96.5 Å². The normalized spacial score (nSPS) is 25.4. The van der Waals surface area contributed by atoms with E-state index in [0.717, 1.165) is 0 Å². The molecule has 2 saturated heterocycles. The second kappa shape index (κ2) is 6.82. The number of aryl methyl sites for hydroxylation is 1. The van der Waals surface area contributed by atoms with E-state index in [1.54, 1.807) is 30.5 Å². The average molecular weight is 392 g/mol. The van der Waals surface area contributed by atoms with Crippen LogP contribution in [0.5, 0.6) is 0 Å². The van der Waals surface area contributed by atoms with Crippen molar-refractivity contribution < 1.29 is 23.9 Å². The molecule has 0 unspecified atom stereocenters. The highest BCUT2D eigenvalue weighted by Crippen LogP contribution is 2.47. The summed E-state index contributed by atoms with van der Waals surface area (Å²) < 4.78 is 5.42. The number of fused-ring (bicyclic) bond motifs is 1. The Balaban J connectivity index is 1.74. The van der Waals surface area contributed by atoms with Crippen LogP contribution >= 0.6 is 11.8 Å². The summed E-state index contributed by atoms with van der Waals surface area (Å²) in [5, 5.41) is 0. The Bertz CT molecular complexity index is 845. The molecule has 3 atom stereocenters. The fourth-order valence-electron chi connectivity index (χ4n) is 4.03. The molecule has 2 fully saturated rings.